The number of amides is 1. The summed E-state index contributed by atoms with van der Waals surface area (Å²) in [7, 11) is 0. The molecule has 0 fully saturated rings. The highest BCUT2D eigenvalue weighted by molar-refractivity contribution is 6.33. The lowest BCUT2D eigenvalue weighted by Crippen LogP contribution is -2.40. The third-order valence-corrected chi connectivity index (χ3v) is 3.60. The van der Waals surface area contributed by atoms with Gasteiger partial charge in [-0.25, -0.2) is 0 Å². The number of para-hydroxylation sites is 1. The second-order valence-corrected chi connectivity index (χ2v) is 5.77. The molecule has 2 rings (SSSR count). The largest absolute Gasteiger partial charge is 0.303 e. The van der Waals surface area contributed by atoms with E-state index >= 15 is 0 Å². The van der Waals surface area contributed by atoms with Crippen LogP contribution in [0, 0.1) is 6.92 Å². The molecule has 0 saturated heterocycles. The predicted octanol–water partition coefficient (Wildman–Crippen LogP) is 3.84. The molecule has 0 heterocycles. The number of halogens is 1. The van der Waals surface area contributed by atoms with Crippen molar-refractivity contribution in [3.05, 3.63) is 65.7 Å². The molecular formula is C18H18ClNO2. The summed E-state index contributed by atoms with van der Waals surface area (Å²) in [5.41, 5.74) is 2.22. The molecule has 0 saturated carbocycles. The van der Waals surface area contributed by atoms with E-state index in [-0.39, 0.29) is 18.2 Å². The topological polar surface area (TPSA) is 37.4 Å². The molecule has 3 nitrogen and oxygen atoms in total. The summed E-state index contributed by atoms with van der Waals surface area (Å²) in [5, 5.41) is -0.692. The van der Waals surface area contributed by atoms with Gasteiger partial charge in [0, 0.05) is 11.3 Å². The maximum absolute atomic E-state index is 12.4. The summed E-state index contributed by atoms with van der Waals surface area (Å²) in [6.45, 7) is 3.49. The fourth-order valence-corrected chi connectivity index (χ4v) is 2.34. The molecule has 4 heteroatoms. The first-order chi connectivity index (χ1) is 10.5. The molecule has 1 amide bonds. The van der Waals surface area contributed by atoms with Gasteiger partial charge >= 0.3 is 0 Å². The highest BCUT2D eigenvalue weighted by Crippen LogP contribution is 2.21. The number of hydrogen-bond donors (Lipinski definition) is 0. The van der Waals surface area contributed by atoms with E-state index in [2.05, 4.69) is 0 Å². The van der Waals surface area contributed by atoms with Gasteiger partial charge in [-0.2, -0.15) is 0 Å². The van der Waals surface area contributed by atoms with Crippen LogP contribution in [0.4, 0.5) is 5.69 Å². The van der Waals surface area contributed by atoms with Gasteiger partial charge in [-0.1, -0.05) is 48.5 Å². The molecule has 0 aliphatic carbocycles. The summed E-state index contributed by atoms with van der Waals surface area (Å²) in [4.78, 5) is 26.3. The van der Waals surface area contributed by atoms with E-state index in [0.29, 0.717) is 11.3 Å². The number of aryl methyl sites for hydroxylation is 1. The van der Waals surface area contributed by atoms with Gasteiger partial charge in [-0.05, 0) is 25.5 Å². The van der Waals surface area contributed by atoms with Crippen LogP contribution >= 0.6 is 11.6 Å². The number of rotatable bonds is 5. The summed E-state index contributed by atoms with van der Waals surface area (Å²) in [6, 6.07) is 16.4. The summed E-state index contributed by atoms with van der Waals surface area (Å²) in [5.74, 6) is -0.394. The van der Waals surface area contributed by atoms with Gasteiger partial charge in [0.1, 0.15) is 5.38 Å². The number of alkyl halides is 1. The lowest BCUT2D eigenvalue weighted by atomic mass is 10.1. The Morgan fingerprint density at radius 2 is 1.64 bits per heavy atom. The Kier molecular flexibility index (Phi) is 5.34. The van der Waals surface area contributed by atoms with Crippen molar-refractivity contribution in [1.29, 1.82) is 0 Å². The van der Waals surface area contributed by atoms with Gasteiger partial charge in [0.25, 0.3) is 0 Å². The quantitative estimate of drug-likeness (QED) is 0.621. The van der Waals surface area contributed by atoms with Crippen LogP contribution < -0.4 is 4.90 Å². The summed E-state index contributed by atoms with van der Waals surface area (Å²) in [6.07, 6.45) is 0. The molecule has 2 aromatic rings. The van der Waals surface area contributed by atoms with Gasteiger partial charge in [0.2, 0.25) is 5.91 Å². The number of hydrogen-bond acceptors (Lipinski definition) is 2. The fraction of sp³-hybridized carbons (Fsp3) is 0.222. The second-order valence-electron chi connectivity index (χ2n) is 5.12. The van der Waals surface area contributed by atoms with Crippen LogP contribution in [0.3, 0.4) is 0 Å². The van der Waals surface area contributed by atoms with E-state index in [1.54, 1.807) is 31.2 Å². The Hall–Kier alpha value is -2.13. The third-order valence-electron chi connectivity index (χ3n) is 3.41. The normalized spacial score (nSPS) is 11.8. The average Bonchev–Trinajstić information content (AvgIpc) is 2.53. The zero-order chi connectivity index (χ0) is 16.1. The van der Waals surface area contributed by atoms with Crippen LogP contribution in [0.25, 0.3) is 0 Å². The monoisotopic (exact) mass is 315 g/mol. The minimum absolute atomic E-state index is 0.0231. The Morgan fingerprint density at radius 3 is 2.23 bits per heavy atom. The lowest BCUT2D eigenvalue weighted by Gasteiger charge is -2.25. The highest BCUT2D eigenvalue weighted by atomic mass is 35.5. The van der Waals surface area contributed by atoms with E-state index in [9.17, 15) is 9.59 Å². The molecule has 0 aliphatic rings. The summed E-state index contributed by atoms with van der Waals surface area (Å²) < 4.78 is 0. The number of Topliss-reactive ketones (excluding diaryl/α,β-unsaturated/α-hetero) is 1. The molecule has 2 aromatic carbocycles. The van der Waals surface area contributed by atoms with Crippen molar-refractivity contribution in [2.75, 3.05) is 11.4 Å². The van der Waals surface area contributed by atoms with Crippen LogP contribution in [0.15, 0.2) is 54.6 Å². The van der Waals surface area contributed by atoms with Gasteiger partial charge in [0.15, 0.2) is 5.78 Å². The molecule has 0 N–H and O–H groups in total. The van der Waals surface area contributed by atoms with Crippen LogP contribution in [0.2, 0.25) is 0 Å². The molecule has 0 aliphatic heterocycles. The molecule has 0 radical (unpaired) electrons. The molecule has 22 heavy (non-hydrogen) atoms. The fourth-order valence-electron chi connectivity index (χ4n) is 2.22. The highest BCUT2D eigenvalue weighted by Gasteiger charge is 2.24. The van der Waals surface area contributed by atoms with Gasteiger partial charge in [0.05, 0.1) is 6.54 Å². The lowest BCUT2D eigenvalue weighted by molar-refractivity contribution is -0.117. The zero-order valence-corrected chi connectivity index (χ0v) is 13.4. The Morgan fingerprint density at radius 1 is 1.05 bits per heavy atom. The standard InChI is InChI=1S/C18H18ClNO2/c1-13-8-6-7-11-16(13)20(18(22)14(2)19)12-17(21)15-9-4-3-5-10-15/h3-11,14H,12H2,1-2H3. The molecule has 1 atom stereocenters. The maximum atomic E-state index is 12.4. The number of nitrogens with zero attached hydrogens (tertiary/aromatic N) is 1. The van der Waals surface area contributed by atoms with Crippen LogP contribution in [0.1, 0.15) is 22.8 Å². The van der Waals surface area contributed by atoms with Crippen molar-refractivity contribution in [3.8, 4) is 0 Å². The van der Waals surface area contributed by atoms with Gasteiger partial charge in [-0.15, -0.1) is 11.6 Å². The first-order valence-electron chi connectivity index (χ1n) is 7.10. The van der Waals surface area contributed by atoms with Gasteiger partial charge < -0.3 is 4.90 Å². The Labute approximate surface area is 135 Å². The average molecular weight is 316 g/mol. The van der Waals surface area contributed by atoms with Crippen molar-refractivity contribution in [3.63, 3.8) is 0 Å². The van der Waals surface area contributed by atoms with Crippen molar-refractivity contribution >= 4 is 29.0 Å². The number of carbonyl (C=O) groups is 2. The minimum atomic E-state index is -0.692. The van der Waals surface area contributed by atoms with Crippen LogP contribution in [0.5, 0.6) is 0 Å². The van der Waals surface area contributed by atoms with Crippen molar-refractivity contribution in [2.24, 2.45) is 0 Å². The van der Waals surface area contributed by atoms with Crippen LogP contribution in [-0.4, -0.2) is 23.6 Å². The summed E-state index contributed by atoms with van der Waals surface area (Å²) >= 11 is 5.95. The Bertz CT molecular complexity index is 668. The number of ketones is 1. The SMILES string of the molecule is Cc1ccccc1N(CC(=O)c1ccccc1)C(=O)C(C)Cl. The van der Waals surface area contributed by atoms with Crippen molar-refractivity contribution in [2.45, 2.75) is 19.2 Å². The first kappa shape index (κ1) is 16.2. The molecule has 0 spiro atoms. The predicted molar refractivity (Wildman–Crippen MR) is 89.6 cm³/mol. The van der Waals surface area contributed by atoms with Crippen molar-refractivity contribution < 1.29 is 9.59 Å². The van der Waals surface area contributed by atoms with E-state index in [4.69, 9.17) is 11.6 Å². The third kappa shape index (κ3) is 3.74. The van der Waals surface area contributed by atoms with Gasteiger partial charge in [-0.3, -0.25) is 9.59 Å². The maximum Gasteiger partial charge on any atom is 0.245 e. The second kappa shape index (κ2) is 7.23. The molecule has 114 valence electrons. The number of benzene rings is 2. The molecular weight excluding hydrogens is 298 g/mol. The minimum Gasteiger partial charge on any atom is -0.303 e. The Balaban J connectivity index is 2.32. The van der Waals surface area contributed by atoms with E-state index in [0.717, 1.165) is 5.56 Å². The van der Waals surface area contributed by atoms with Crippen molar-refractivity contribution in [1.82, 2.24) is 0 Å². The zero-order valence-electron chi connectivity index (χ0n) is 12.6. The smallest absolute Gasteiger partial charge is 0.245 e. The van der Waals surface area contributed by atoms with E-state index in [1.165, 1.54) is 4.90 Å². The molecule has 0 bridgehead atoms. The first-order valence-corrected chi connectivity index (χ1v) is 7.53. The van der Waals surface area contributed by atoms with E-state index in [1.807, 2.05) is 37.3 Å². The molecule has 1 unspecified atom stereocenters. The number of anilines is 1. The number of carbonyl (C=O) groups excluding carboxylic acids is 2. The van der Waals surface area contributed by atoms with E-state index < -0.39 is 5.38 Å². The molecule has 0 aromatic heterocycles. The van der Waals surface area contributed by atoms with Crippen LogP contribution in [-0.2, 0) is 4.79 Å².